The molecular weight excluding hydrogens is 201 g/mol. The van der Waals surface area contributed by atoms with E-state index in [0.29, 0.717) is 6.54 Å². The quantitative estimate of drug-likeness (QED) is 0.752. The van der Waals surface area contributed by atoms with Crippen LogP contribution >= 0.6 is 24.8 Å². The van der Waals surface area contributed by atoms with Gasteiger partial charge in [-0.15, -0.1) is 24.8 Å². The van der Waals surface area contributed by atoms with Crippen molar-refractivity contribution in [1.82, 2.24) is 5.32 Å². The summed E-state index contributed by atoms with van der Waals surface area (Å²) in [4.78, 5) is 10.5. The predicted octanol–water partition coefficient (Wildman–Crippen LogP) is 1.55. The molecular formula is C7H17Cl2NO2. The molecule has 1 atom stereocenters. The number of rotatable bonds is 4. The molecule has 0 aliphatic heterocycles. The second-order valence-corrected chi connectivity index (χ2v) is 2.62. The highest BCUT2D eigenvalue weighted by molar-refractivity contribution is 5.85. The van der Waals surface area contributed by atoms with Crippen molar-refractivity contribution in [2.75, 3.05) is 6.54 Å². The van der Waals surface area contributed by atoms with Gasteiger partial charge in [-0.1, -0.05) is 20.8 Å². The Labute approximate surface area is 85.7 Å². The minimum Gasteiger partial charge on any atom is -0.480 e. The lowest BCUT2D eigenvalue weighted by atomic mass is 10.1. The van der Waals surface area contributed by atoms with E-state index in [0.717, 1.165) is 0 Å². The lowest BCUT2D eigenvalue weighted by molar-refractivity contribution is -0.140. The Kier molecular flexibility index (Phi) is 13.6. The number of halogens is 2. The molecule has 12 heavy (non-hydrogen) atoms. The van der Waals surface area contributed by atoms with Crippen molar-refractivity contribution in [1.29, 1.82) is 0 Å². The van der Waals surface area contributed by atoms with Crippen LogP contribution in [-0.4, -0.2) is 23.7 Å². The number of aliphatic carboxylic acids is 1. The average Bonchev–Trinajstić information content (AvgIpc) is 1.81. The maximum atomic E-state index is 10.5. The van der Waals surface area contributed by atoms with Crippen LogP contribution in [0.2, 0.25) is 0 Å². The fourth-order valence-corrected chi connectivity index (χ4v) is 0.828. The Morgan fingerprint density at radius 1 is 1.42 bits per heavy atom. The normalized spacial score (nSPS) is 11.3. The minimum atomic E-state index is -0.767. The lowest BCUT2D eigenvalue weighted by Crippen LogP contribution is -2.40. The highest BCUT2D eigenvalue weighted by atomic mass is 35.5. The van der Waals surface area contributed by atoms with Crippen molar-refractivity contribution in [2.45, 2.75) is 26.8 Å². The largest absolute Gasteiger partial charge is 0.480 e. The van der Waals surface area contributed by atoms with Gasteiger partial charge in [-0.2, -0.15) is 0 Å². The van der Waals surface area contributed by atoms with Crippen molar-refractivity contribution >= 4 is 30.8 Å². The van der Waals surface area contributed by atoms with Gasteiger partial charge in [0.25, 0.3) is 0 Å². The first-order valence-electron chi connectivity index (χ1n) is 3.55. The van der Waals surface area contributed by atoms with Crippen LogP contribution in [-0.2, 0) is 4.79 Å². The van der Waals surface area contributed by atoms with Crippen LogP contribution in [0.3, 0.4) is 0 Å². The first-order chi connectivity index (χ1) is 4.59. The summed E-state index contributed by atoms with van der Waals surface area (Å²) in [5, 5.41) is 11.5. The van der Waals surface area contributed by atoms with Crippen LogP contribution < -0.4 is 5.32 Å². The van der Waals surface area contributed by atoms with Gasteiger partial charge in [0.1, 0.15) is 6.04 Å². The predicted molar refractivity (Wildman–Crippen MR) is 54.4 cm³/mol. The molecule has 0 aliphatic carbocycles. The molecule has 3 nitrogen and oxygen atoms in total. The van der Waals surface area contributed by atoms with Gasteiger partial charge in [-0.3, -0.25) is 4.79 Å². The smallest absolute Gasteiger partial charge is 0.320 e. The highest BCUT2D eigenvalue weighted by Gasteiger charge is 2.18. The third kappa shape index (κ3) is 6.70. The first kappa shape index (κ1) is 17.9. The molecule has 0 radical (unpaired) electrons. The van der Waals surface area contributed by atoms with Crippen molar-refractivity contribution in [2.24, 2.45) is 5.92 Å². The Hall–Kier alpha value is 0.01000. The van der Waals surface area contributed by atoms with Gasteiger partial charge >= 0.3 is 5.97 Å². The number of nitrogens with one attached hydrogen (secondary N) is 1. The minimum absolute atomic E-state index is 0. The molecule has 0 aromatic carbocycles. The number of carboxylic acids is 1. The molecule has 5 heteroatoms. The highest BCUT2D eigenvalue weighted by Crippen LogP contribution is 2.00. The van der Waals surface area contributed by atoms with Crippen molar-refractivity contribution in [3.8, 4) is 0 Å². The monoisotopic (exact) mass is 217 g/mol. The number of hydrogen-bond acceptors (Lipinski definition) is 2. The van der Waals surface area contributed by atoms with Crippen LogP contribution in [0.5, 0.6) is 0 Å². The number of carbonyl (C=O) groups is 1. The molecule has 0 unspecified atom stereocenters. The fraction of sp³-hybridized carbons (Fsp3) is 0.857. The van der Waals surface area contributed by atoms with E-state index in [4.69, 9.17) is 5.11 Å². The van der Waals surface area contributed by atoms with E-state index < -0.39 is 12.0 Å². The molecule has 76 valence electrons. The zero-order valence-corrected chi connectivity index (χ0v) is 9.17. The van der Waals surface area contributed by atoms with Crippen molar-refractivity contribution < 1.29 is 9.90 Å². The molecule has 0 aromatic rings. The van der Waals surface area contributed by atoms with Gasteiger partial charge in [0.15, 0.2) is 0 Å². The van der Waals surface area contributed by atoms with Gasteiger partial charge in [-0.05, 0) is 12.5 Å². The average molecular weight is 218 g/mol. The summed E-state index contributed by atoms with van der Waals surface area (Å²) in [5.41, 5.74) is 0. The maximum Gasteiger partial charge on any atom is 0.320 e. The van der Waals surface area contributed by atoms with Crippen molar-refractivity contribution in [3.05, 3.63) is 0 Å². The van der Waals surface area contributed by atoms with E-state index in [-0.39, 0.29) is 30.7 Å². The number of hydrogen-bond donors (Lipinski definition) is 2. The molecule has 0 bridgehead atoms. The van der Waals surface area contributed by atoms with Gasteiger partial charge in [0.05, 0.1) is 0 Å². The molecule has 0 fully saturated rings. The fourth-order valence-electron chi connectivity index (χ4n) is 0.828. The van der Waals surface area contributed by atoms with Crippen LogP contribution in [0, 0.1) is 5.92 Å². The summed E-state index contributed by atoms with van der Waals surface area (Å²) in [5.74, 6) is -0.616. The molecule has 0 rings (SSSR count). The van der Waals surface area contributed by atoms with Gasteiger partial charge < -0.3 is 10.4 Å². The lowest BCUT2D eigenvalue weighted by Gasteiger charge is -2.15. The Bertz CT molecular complexity index is 120. The topological polar surface area (TPSA) is 49.3 Å². The third-order valence-corrected chi connectivity index (χ3v) is 1.36. The Balaban J connectivity index is -0.000000405. The zero-order valence-electron chi connectivity index (χ0n) is 7.53. The second-order valence-electron chi connectivity index (χ2n) is 2.62. The SMILES string of the molecule is CCN[C@H](C(=O)O)C(C)C.Cl.Cl. The molecule has 2 N–H and O–H groups in total. The van der Waals surface area contributed by atoms with Crippen LogP contribution in [0.25, 0.3) is 0 Å². The maximum absolute atomic E-state index is 10.5. The first-order valence-corrected chi connectivity index (χ1v) is 3.55. The van der Waals surface area contributed by atoms with E-state index in [2.05, 4.69) is 5.32 Å². The third-order valence-electron chi connectivity index (χ3n) is 1.36. The Morgan fingerprint density at radius 2 is 1.83 bits per heavy atom. The zero-order chi connectivity index (χ0) is 8.15. The molecule has 0 saturated heterocycles. The molecule has 0 heterocycles. The Morgan fingerprint density at radius 3 is 1.92 bits per heavy atom. The summed E-state index contributed by atoms with van der Waals surface area (Å²) >= 11 is 0. The summed E-state index contributed by atoms with van der Waals surface area (Å²) < 4.78 is 0. The van der Waals surface area contributed by atoms with Crippen LogP contribution in [0.15, 0.2) is 0 Å². The summed E-state index contributed by atoms with van der Waals surface area (Å²) in [7, 11) is 0. The van der Waals surface area contributed by atoms with E-state index in [1.54, 1.807) is 0 Å². The van der Waals surface area contributed by atoms with E-state index in [9.17, 15) is 4.79 Å². The van der Waals surface area contributed by atoms with E-state index in [1.807, 2.05) is 20.8 Å². The molecule has 0 amide bonds. The summed E-state index contributed by atoms with van der Waals surface area (Å²) in [6.07, 6.45) is 0. The summed E-state index contributed by atoms with van der Waals surface area (Å²) in [6.45, 7) is 6.39. The summed E-state index contributed by atoms with van der Waals surface area (Å²) in [6, 6.07) is -0.398. The molecule has 0 aromatic heterocycles. The molecule has 0 aliphatic rings. The number of likely N-dealkylation sites (N-methyl/N-ethyl adjacent to an activating group) is 1. The second kappa shape index (κ2) is 9.10. The van der Waals surface area contributed by atoms with Crippen molar-refractivity contribution in [3.63, 3.8) is 0 Å². The van der Waals surface area contributed by atoms with Gasteiger partial charge in [0, 0.05) is 0 Å². The van der Waals surface area contributed by atoms with Gasteiger partial charge in [0.2, 0.25) is 0 Å². The van der Waals surface area contributed by atoms with Gasteiger partial charge in [-0.25, -0.2) is 0 Å². The standard InChI is InChI=1S/C7H15NO2.2ClH/c1-4-8-6(5(2)3)7(9)10;;/h5-6,8H,4H2,1-3H3,(H,9,10);2*1H/t6-;;/m0../s1. The van der Waals surface area contributed by atoms with E-state index in [1.165, 1.54) is 0 Å². The van der Waals surface area contributed by atoms with Crippen LogP contribution in [0.4, 0.5) is 0 Å². The van der Waals surface area contributed by atoms with Crippen LogP contribution in [0.1, 0.15) is 20.8 Å². The molecule has 0 spiro atoms. The molecule has 0 saturated carbocycles. The number of carboxylic acid groups (broad SMARTS) is 1. The van der Waals surface area contributed by atoms with E-state index >= 15 is 0 Å².